The predicted molar refractivity (Wildman–Crippen MR) is 135 cm³/mol. The number of carbonyl (C=O) groups excluding carboxylic acids is 2. The van der Waals surface area contributed by atoms with Crippen LogP contribution in [0.25, 0.3) is 11.8 Å². The molecule has 1 N–H and O–H groups in total. The zero-order chi connectivity index (χ0) is 23.2. The Morgan fingerprint density at radius 3 is 2.44 bits per heavy atom. The lowest BCUT2D eigenvalue weighted by Gasteiger charge is -2.30. The Kier molecular flexibility index (Phi) is 5.88. The van der Waals surface area contributed by atoms with Gasteiger partial charge < -0.3 is 4.57 Å². The van der Waals surface area contributed by atoms with Gasteiger partial charge in [0.2, 0.25) is 0 Å². The number of anilines is 1. The van der Waals surface area contributed by atoms with Crippen LogP contribution in [-0.2, 0) is 9.59 Å². The molecule has 1 aliphatic rings. The summed E-state index contributed by atoms with van der Waals surface area (Å²) >= 11 is 8.85. The number of carbonyl (C=O) groups is 2. The molecule has 3 aromatic rings. The van der Waals surface area contributed by atoms with Crippen LogP contribution in [0.15, 0.2) is 58.6 Å². The van der Waals surface area contributed by atoms with E-state index in [9.17, 15) is 9.59 Å². The molecule has 1 aromatic heterocycles. The van der Waals surface area contributed by atoms with Crippen LogP contribution in [0.3, 0.4) is 0 Å². The highest BCUT2D eigenvalue weighted by molar-refractivity contribution is 9.10. The average molecular weight is 508 g/mol. The molecular formula is C25H22BrN3O2S. The Bertz CT molecular complexity index is 1320. The van der Waals surface area contributed by atoms with Crippen LogP contribution in [0.2, 0.25) is 0 Å². The highest BCUT2D eigenvalue weighted by Gasteiger charge is 2.35. The quantitative estimate of drug-likeness (QED) is 0.297. The van der Waals surface area contributed by atoms with Gasteiger partial charge in [-0.25, -0.2) is 0 Å². The van der Waals surface area contributed by atoms with Gasteiger partial charge >= 0.3 is 0 Å². The third kappa shape index (κ3) is 3.94. The molecule has 7 heteroatoms. The lowest BCUT2D eigenvalue weighted by Crippen LogP contribution is -2.54. The summed E-state index contributed by atoms with van der Waals surface area (Å²) in [6, 6.07) is 15.7. The Morgan fingerprint density at radius 1 is 1.00 bits per heavy atom. The zero-order valence-electron chi connectivity index (χ0n) is 18.2. The molecule has 0 saturated carbocycles. The standard InChI is InChI=1S/C25H22BrN3O2S/c1-14-8-9-22(15(2)10-14)29-24(31)21(23(30)27-25(29)32)12-18-11-16(3)28(17(18)4)20-7-5-6-19(26)13-20/h5-13H,1-4H3,(H,27,30,32)/b21-12+. The van der Waals surface area contributed by atoms with Crippen molar-refractivity contribution in [1.29, 1.82) is 0 Å². The molecule has 1 fully saturated rings. The molecule has 0 bridgehead atoms. The molecule has 32 heavy (non-hydrogen) atoms. The molecule has 2 amide bonds. The van der Waals surface area contributed by atoms with Crippen LogP contribution in [0.5, 0.6) is 0 Å². The van der Waals surface area contributed by atoms with Crippen LogP contribution in [0, 0.1) is 27.7 Å². The van der Waals surface area contributed by atoms with E-state index in [1.54, 1.807) is 6.08 Å². The van der Waals surface area contributed by atoms with E-state index in [1.165, 1.54) is 4.90 Å². The first-order valence-corrected chi connectivity index (χ1v) is 11.3. The lowest BCUT2D eigenvalue weighted by atomic mass is 10.0. The zero-order valence-corrected chi connectivity index (χ0v) is 20.6. The van der Waals surface area contributed by atoms with Crippen LogP contribution < -0.4 is 10.2 Å². The van der Waals surface area contributed by atoms with Gasteiger partial charge in [-0.3, -0.25) is 19.8 Å². The largest absolute Gasteiger partial charge is 0.318 e. The van der Waals surface area contributed by atoms with E-state index < -0.39 is 11.8 Å². The van der Waals surface area contributed by atoms with Gasteiger partial charge in [-0.15, -0.1) is 0 Å². The fourth-order valence-electron chi connectivity index (χ4n) is 4.03. The van der Waals surface area contributed by atoms with Crippen molar-refractivity contribution >= 4 is 56.8 Å². The number of aromatic nitrogens is 1. The Morgan fingerprint density at radius 2 is 1.75 bits per heavy atom. The second-order valence-electron chi connectivity index (χ2n) is 7.89. The fraction of sp³-hybridized carbons (Fsp3) is 0.160. The molecular weight excluding hydrogens is 486 g/mol. The maximum absolute atomic E-state index is 13.4. The van der Waals surface area contributed by atoms with Crippen molar-refractivity contribution in [2.45, 2.75) is 27.7 Å². The second-order valence-corrected chi connectivity index (χ2v) is 9.19. The predicted octanol–water partition coefficient (Wildman–Crippen LogP) is 5.30. The topological polar surface area (TPSA) is 54.3 Å². The molecule has 0 aliphatic carbocycles. The number of halogens is 1. The number of hydrogen-bond donors (Lipinski definition) is 1. The summed E-state index contributed by atoms with van der Waals surface area (Å²) in [6.45, 7) is 7.87. The van der Waals surface area contributed by atoms with Gasteiger partial charge in [0.05, 0.1) is 5.69 Å². The van der Waals surface area contributed by atoms with Gasteiger partial charge in [-0.2, -0.15) is 0 Å². The van der Waals surface area contributed by atoms with E-state index in [1.807, 2.05) is 76.2 Å². The first-order chi connectivity index (χ1) is 15.2. The van der Waals surface area contributed by atoms with Gasteiger partial charge in [0, 0.05) is 21.5 Å². The van der Waals surface area contributed by atoms with Crippen LogP contribution >= 0.6 is 28.1 Å². The minimum absolute atomic E-state index is 0.0491. The van der Waals surface area contributed by atoms with Gasteiger partial charge in [-0.1, -0.05) is 39.7 Å². The normalized spacial score (nSPS) is 15.5. The smallest absolute Gasteiger partial charge is 0.270 e. The van der Waals surface area contributed by atoms with Gasteiger partial charge in [0.15, 0.2) is 5.11 Å². The van der Waals surface area contributed by atoms with E-state index in [0.29, 0.717) is 5.69 Å². The summed E-state index contributed by atoms with van der Waals surface area (Å²) in [5.74, 6) is -0.925. The molecule has 0 atom stereocenters. The van der Waals surface area contributed by atoms with Crippen molar-refractivity contribution in [3.8, 4) is 5.69 Å². The minimum Gasteiger partial charge on any atom is -0.318 e. The minimum atomic E-state index is -0.492. The third-order valence-corrected chi connectivity index (χ3v) is 6.31. The summed E-state index contributed by atoms with van der Waals surface area (Å²) in [4.78, 5) is 27.5. The van der Waals surface area contributed by atoms with Crippen molar-refractivity contribution < 1.29 is 9.59 Å². The average Bonchev–Trinajstić information content (AvgIpc) is 2.99. The highest BCUT2D eigenvalue weighted by atomic mass is 79.9. The molecule has 162 valence electrons. The van der Waals surface area contributed by atoms with E-state index in [2.05, 4.69) is 25.8 Å². The molecule has 4 rings (SSSR count). The number of nitrogens with zero attached hydrogens (tertiary/aromatic N) is 2. The van der Waals surface area contributed by atoms with Crippen molar-refractivity contribution in [2.75, 3.05) is 4.90 Å². The molecule has 0 radical (unpaired) electrons. The maximum Gasteiger partial charge on any atom is 0.270 e. The van der Waals surface area contributed by atoms with Gasteiger partial charge in [-0.05, 0) is 87.4 Å². The van der Waals surface area contributed by atoms with E-state index in [4.69, 9.17) is 12.2 Å². The monoisotopic (exact) mass is 507 g/mol. The highest BCUT2D eigenvalue weighted by Crippen LogP contribution is 2.28. The fourth-order valence-corrected chi connectivity index (χ4v) is 4.70. The molecule has 0 spiro atoms. The van der Waals surface area contributed by atoms with Crippen molar-refractivity contribution in [3.63, 3.8) is 0 Å². The summed E-state index contributed by atoms with van der Waals surface area (Å²) < 4.78 is 3.07. The second kappa shape index (κ2) is 8.48. The summed E-state index contributed by atoms with van der Waals surface area (Å²) in [7, 11) is 0. The van der Waals surface area contributed by atoms with Crippen molar-refractivity contribution in [3.05, 3.63) is 86.7 Å². The Hall–Kier alpha value is -3.03. The molecule has 2 heterocycles. The van der Waals surface area contributed by atoms with Crippen LogP contribution in [0.1, 0.15) is 28.1 Å². The van der Waals surface area contributed by atoms with Crippen LogP contribution in [-0.4, -0.2) is 21.5 Å². The van der Waals surface area contributed by atoms with Crippen molar-refractivity contribution in [2.24, 2.45) is 0 Å². The number of benzene rings is 2. The first-order valence-electron chi connectivity index (χ1n) is 10.1. The third-order valence-electron chi connectivity index (χ3n) is 5.53. The number of aryl methyl sites for hydroxylation is 3. The maximum atomic E-state index is 13.4. The number of nitrogens with one attached hydrogen (secondary N) is 1. The first kappa shape index (κ1) is 22.2. The summed E-state index contributed by atoms with van der Waals surface area (Å²) in [5.41, 5.74) is 6.43. The SMILES string of the molecule is Cc1ccc(N2C(=O)/C(=C/c3cc(C)n(-c4cccc(Br)c4)c3C)C(=O)NC2=S)c(C)c1. The van der Waals surface area contributed by atoms with E-state index in [0.717, 1.165) is 38.2 Å². The van der Waals surface area contributed by atoms with E-state index >= 15 is 0 Å². The Balaban J connectivity index is 1.78. The van der Waals surface area contributed by atoms with Crippen LogP contribution in [0.4, 0.5) is 5.69 Å². The number of rotatable bonds is 3. The molecule has 0 unspecified atom stereocenters. The van der Waals surface area contributed by atoms with Gasteiger partial charge in [0.1, 0.15) is 5.57 Å². The molecule has 2 aromatic carbocycles. The Labute approximate surface area is 200 Å². The number of amides is 2. The summed E-state index contributed by atoms with van der Waals surface area (Å²) in [6.07, 6.45) is 1.65. The van der Waals surface area contributed by atoms with Crippen molar-refractivity contribution in [1.82, 2.24) is 9.88 Å². The molecule has 1 aliphatic heterocycles. The summed E-state index contributed by atoms with van der Waals surface area (Å²) in [5, 5.41) is 2.75. The van der Waals surface area contributed by atoms with Gasteiger partial charge in [0.25, 0.3) is 11.8 Å². The molecule has 5 nitrogen and oxygen atoms in total. The lowest BCUT2D eigenvalue weighted by molar-refractivity contribution is -0.122. The number of thiocarbonyl (C=S) groups is 1. The van der Waals surface area contributed by atoms with E-state index in [-0.39, 0.29) is 10.7 Å². The molecule has 1 saturated heterocycles. The number of hydrogen-bond acceptors (Lipinski definition) is 3.